The van der Waals surface area contributed by atoms with E-state index >= 15 is 0 Å². The number of benzene rings is 1. The maximum absolute atomic E-state index is 12.6. The van der Waals surface area contributed by atoms with Crippen LogP contribution in [0.4, 0.5) is 0 Å². The van der Waals surface area contributed by atoms with E-state index in [0.29, 0.717) is 11.9 Å². The number of amides is 1. The summed E-state index contributed by atoms with van der Waals surface area (Å²) in [7, 11) is 0. The maximum atomic E-state index is 12.6. The number of aryl methyl sites for hydroxylation is 1. The van der Waals surface area contributed by atoms with Gasteiger partial charge in [0.1, 0.15) is 0 Å². The fourth-order valence-corrected chi connectivity index (χ4v) is 4.14. The molecule has 2 aliphatic rings. The molecule has 1 aromatic carbocycles. The summed E-state index contributed by atoms with van der Waals surface area (Å²) in [4.78, 5) is 19.4. The first kappa shape index (κ1) is 23.0. The number of halogens is 1. The zero-order valence-corrected chi connectivity index (χ0v) is 19.4. The van der Waals surface area contributed by atoms with Crippen molar-refractivity contribution in [3.63, 3.8) is 0 Å². The fourth-order valence-electron chi connectivity index (χ4n) is 4.14. The first-order valence-corrected chi connectivity index (χ1v) is 10.6. The first-order chi connectivity index (χ1) is 13.3. The molecule has 1 aliphatic heterocycles. The highest BCUT2D eigenvalue weighted by Crippen LogP contribution is 2.27. The van der Waals surface area contributed by atoms with E-state index in [-0.39, 0.29) is 29.9 Å². The number of carbonyl (C=O) groups excluding carboxylic acids is 1. The quantitative estimate of drug-likeness (QED) is 0.262. The lowest BCUT2D eigenvalue weighted by molar-refractivity contribution is -0.134. The van der Waals surface area contributed by atoms with Crippen molar-refractivity contribution < 1.29 is 4.79 Å². The molecule has 0 aromatic heterocycles. The molecule has 0 radical (unpaired) electrons. The number of rotatable bonds is 7. The van der Waals surface area contributed by atoms with Crippen LogP contribution in [0.3, 0.4) is 0 Å². The number of guanidine groups is 1. The minimum absolute atomic E-state index is 0. The van der Waals surface area contributed by atoms with Gasteiger partial charge in [-0.05, 0) is 44.6 Å². The van der Waals surface area contributed by atoms with Crippen LogP contribution in [-0.2, 0) is 11.2 Å². The molecule has 1 saturated carbocycles. The SMILES string of the molecule is CCNC(=NCCCc1ccccc1)NC1CCN(C(=O)C2CCCC2)C1.I. The molecule has 2 N–H and O–H groups in total. The van der Waals surface area contributed by atoms with E-state index in [1.54, 1.807) is 0 Å². The second-order valence-corrected chi connectivity index (χ2v) is 7.75. The van der Waals surface area contributed by atoms with Gasteiger partial charge in [-0.1, -0.05) is 43.2 Å². The van der Waals surface area contributed by atoms with Crippen molar-refractivity contribution in [2.45, 2.75) is 57.9 Å². The third-order valence-electron chi connectivity index (χ3n) is 5.63. The minimum atomic E-state index is 0. The Morgan fingerprint density at radius 3 is 2.64 bits per heavy atom. The molecule has 1 amide bonds. The third kappa shape index (κ3) is 6.94. The summed E-state index contributed by atoms with van der Waals surface area (Å²) in [5, 5.41) is 6.88. The summed E-state index contributed by atoms with van der Waals surface area (Å²) in [6.07, 6.45) is 7.69. The molecular weight excluding hydrogens is 463 g/mol. The van der Waals surface area contributed by atoms with Gasteiger partial charge in [-0.2, -0.15) is 0 Å². The van der Waals surface area contributed by atoms with Crippen LogP contribution in [0.15, 0.2) is 35.3 Å². The average molecular weight is 498 g/mol. The van der Waals surface area contributed by atoms with Crippen LogP contribution in [0.1, 0.15) is 51.0 Å². The van der Waals surface area contributed by atoms with Crippen LogP contribution in [0, 0.1) is 5.92 Å². The second-order valence-electron chi connectivity index (χ2n) is 7.75. The van der Waals surface area contributed by atoms with E-state index in [0.717, 1.165) is 64.2 Å². The zero-order chi connectivity index (χ0) is 18.9. The Morgan fingerprint density at radius 2 is 1.93 bits per heavy atom. The molecular formula is C22H35IN4O. The molecule has 1 aliphatic carbocycles. The highest BCUT2D eigenvalue weighted by Gasteiger charge is 2.32. The van der Waals surface area contributed by atoms with Gasteiger partial charge < -0.3 is 15.5 Å². The smallest absolute Gasteiger partial charge is 0.225 e. The number of carbonyl (C=O) groups is 1. The Kier molecular flexibility index (Phi) is 10.1. The van der Waals surface area contributed by atoms with Gasteiger partial charge in [0.25, 0.3) is 0 Å². The fraction of sp³-hybridized carbons (Fsp3) is 0.636. The predicted octanol–water partition coefficient (Wildman–Crippen LogP) is 3.58. The van der Waals surface area contributed by atoms with Gasteiger partial charge in [0.15, 0.2) is 5.96 Å². The largest absolute Gasteiger partial charge is 0.357 e. The number of aliphatic imine (C=N–C) groups is 1. The van der Waals surface area contributed by atoms with Crippen LogP contribution < -0.4 is 10.6 Å². The molecule has 156 valence electrons. The molecule has 3 rings (SSSR count). The minimum Gasteiger partial charge on any atom is -0.357 e. The maximum Gasteiger partial charge on any atom is 0.225 e. The third-order valence-corrected chi connectivity index (χ3v) is 5.63. The molecule has 1 heterocycles. The van der Waals surface area contributed by atoms with Crippen LogP contribution in [0.2, 0.25) is 0 Å². The van der Waals surface area contributed by atoms with Gasteiger partial charge in [-0.25, -0.2) is 0 Å². The summed E-state index contributed by atoms with van der Waals surface area (Å²) >= 11 is 0. The number of hydrogen-bond acceptors (Lipinski definition) is 2. The topological polar surface area (TPSA) is 56.7 Å². The van der Waals surface area contributed by atoms with E-state index in [9.17, 15) is 4.79 Å². The predicted molar refractivity (Wildman–Crippen MR) is 126 cm³/mol. The zero-order valence-electron chi connectivity index (χ0n) is 17.0. The van der Waals surface area contributed by atoms with E-state index < -0.39 is 0 Å². The van der Waals surface area contributed by atoms with Gasteiger partial charge in [-0.15, -0.1) is 24.0 Å². The van der Waals surface area contributed by atoms with Gasteiger partial charge >= 0.3 is 0 Å². The highest BCUT2D eigenvalue weighted by atomic mass is 127. The lowest BCUT2D eigenvalue weighted by atomic mass is 10.1. The number of hydrogen-bond donors (Lipinski definition) is 2. The van der Waals surface area contributed by atoms with Crippen LogP contribution in [0.25, 0.3) is 0 Å². The summed E-state index contributed by atoms with van der Waals surface area (Å²) in [5.74, 6) is 1.54. The Bertz CT molecular complexity index is 616. The standard InChI is InChI=1S/C22H34N4O.HI/c1-2-23-22(24-15-8-11-18-9-4-3-5-10-18)25-20-14-16-26(17-20)21(27)19-12-6-7-13-19;/h3-5,9-10,19-20H,2,6-8,11-17H2,1H3,(H2,23,24,25);1H. The Hall–Kier alpha value is -1.31. The van der Waals surface area contributed by atoms with Crippen LogP contribution >= 0.6 is 24.0 Å². The molecule has 1 atom stereocenters. The molecule has 0 spiro atoms. The van der Waals surface area contributed by atoms with Gasteiger partial charge in [0, 0.05) is 38.1 Å². The molecule has 2 fully saturated rings. The van der Waals surface area contributed by atoms with Crippen molar-refractivity contribution in [3.05, 3.63) is 35.9 Å². The molecule has 1 saturated heterocycles. The first-order valence-electron chi connectivity index (χ1n) is 10.6. The van der Waals surface area contributed by atoms with E-state index in [1.165, 1.54) is 18.4 Å². The van der Waals surface area contributed by atoms with E-state index in [2.05, 4.69) is 52.8 Å². The lowest BCUT2D eigenvalue weighted by Crippen LogP contribution is -2.45. The van der Waals surface area contributed by atoms with Crippen LogP contribution in [-0.4, -0.2) is 49.0 Å². The molecule has 0 bridgehead atoms. The van der Waals surface area contributed by atoms with Gasteiger partial charge in [0.05, 0.1) is 0 Å². The van der Waals surface area contributed by atoms with Gasteiger partial charge in [-0.3, -0.25) is 9.79 Å². The van der Waals surface area contributed by atoms with Crippen LogP contribution in [0.5, 0.6) is 0 Å². The normalized spacial score (nSPS) is 20.1. The van der Waals surface area contributed by atoms with Crippen molar-refractivity contribution in [1.29, 1.82) is 0 Å². The summed E-state index contributed by atoms with van der Waals surface area (Å²) in [6, 6.07) is 10.9. The molecule has 1 unspecified atom stereocenters. The molecule has 28 heavy (non-hydrogen) atoms. The summed E-state index contributed by atoms with van der Waals surface area (Å²) in [5.41, 5.74) is 1.36. The second kappa shape index (κ2) is 12.3. The lowest BCUT2D eigenvalue weighted by Gasteiger charge is -2.21. The van der Waals surface area contributed by atoms with Crippen molar-refractivity contribution in [2.24, 2.45) is 10.9 Å². The Balaban J connectivity index is 0.00000280. The molecule has 1 aromatic rings. The monoisotopic (exact) mass is 498 g/mol. The van der Waals surface area contributed by atoms with E-state index in [4.69, 9.17) is 4.99 Å². The highest BCUT2D eigenvalue weighted by molar-refractivity contribution is 14.0. The Labute approximate surface area is 186 Å². The molecule has 6 heteroatoms. The Morgan fingerprint density at radius 1 is 1.18 bits per heavy atom. The molecule has 5 nitrogen and oxygen atoms in total. The summed E-state index contributed by atoms with van der Waals surface area (Å²) in [6.45, 7) is 5.43. The van der Waals surface area contributed by atoms with Gasteiger partial charge in [0.2, 0.25) is 5.91 Å². The van der Waals surface area contributed by atoms with Crippen molar-refractivity contribution in [2.75, 3.05) is 26.2 Å². The van der Waals surface area contributed by atoms with Crippen molar-refractivity contribution >= 4 is 35.8 Å². The average Bonchev–Trinajstić information content (AvgIpc) is 3.38. The van der Waals surface area contributed by atoms with Crippen molar-refractivity contribution in [1.82, 2.24) is 15.5 Å². The van der Waals surface area contributed by atoms with Crippen molar-refractivity contribution in [3.8, 4) is 0 Å². The number of nitrogens with zero attached hydrogens (tertiary/aromatic N) is 2. The number of nitrogens with one attached hydrogen (secondary N) is 2. The van der Waals surface area contributed by atoms with E-state index in [1.807, 2.05) is 0 Å². The summed E-state index contributed by atoms with van der Waals surface area (Å²) < 4.78 is 0. The number of likely N-dealkylation sites (tertiary alicyclic amines) is 1.